The van der Waals surface area contributed by atoms with E-state index in [1.807, 2.05) is 23.6 Å². The zero-order valence-corrected chi connectivity index (χ0v) is 9.20. The highest BCUT2D eigenvalue weighted by molar-refractivity contribution is 7.09. The first kappa shape index (κ1) is 10.5. The van der Waals surface area contributed by atoms with Crippen molar-refractivity contribution in [3.8, 4) is 11.9 Å². The minimum atomic E-state index is 0.293. The summed E-state index contributed by atoms with van der Waals surface area (Å²) in [5, 5.41) is 10.8. The van der Waals surface area contributed by atoms with Crippen molar-refractivity contribution in [3.05, 3.63) is 40.2 Å². The fraction of sp³-hybridized carbons (Fsp3) is 0.0909. The number of anilines is 1. The Bertz CT molecular complexity index is 517. The fourth-order valence-corrected chi connectivity index (χ4v) is 1.82. The van der Waals surface area contributed by atoms with E-state index in [9.17, 15) is 0 Å². The van der Waals surface area contributed by atoms with Crippen LogP contribution in [0.5, 0.6) is 5.88 Å². The first-order chi connectivity index (χ1) is 7.81. The van der Waals surface area contributed by atoms with E-state index >= 15 is 0 Å². The molecule has 2 rings (SSSR count). The molecule has 0 atom stereocenters. The van der Waals surface area contributed by atoms with E-state index in [1.165, 1.54) is 6.20 Å². The van der Waals surface area contributed by atoms with E-state index in [-0.39, 0.29) is 0 Å². The Kier molecular flexibility index (Phi) is 3.03. The van der Waals surface area contributed by atoms with Crippen molar-refractivity contribution in [2.24, 2.45) is 0 Å². The second-order valence-electron chi connectivity index (χ2n) is 3.06. The van der Waals surface area contributed by atoms with Gasteiger partial charge in [-0.25, -0.2) is 4.98 Å². The number of rotatable bonds is 3. The standard InChI is InChI=1S/C11H9N3OS/c12-6-8-3-4-14-11(10(8)13)15-7-9-2-1-5-16-9/h1-5H,7,13H2. The molecule has 2 N–H and O–H groups in total. The van der Waals surface area contributed by atoms with Gasteiger partial charge in [0.05, 0.1) is 5.56 Å². The van der Waals surface area contributed by atoms with Gasteiger partial charge in [-0.1, -0.05) is 6.07 Å². The Morgan fingerprint density at radius 1 is 1.50 bits per heavy atom. The number of hydrogen-bond acceptors (Lipinski definition) is 5. The number of hydrogen-bond donors (Lipinski definition) is 1. The normalized spacial score (nSPS) is 9.69. The summed E-state index contributed by atoms with van der Waals surface area (Å²) in [7, 11) is 0. The average molecular weight is 231 g/mol. The Balaban J connectivity index is 2.13. The molecule has 16 heavy (non-hydrogen) atoms. The Morgan fingerprint density at radius 2 is 2.38 bits per heavy atom. The number of nitrogens with zero attached hydrogens (tertiary/aromatic N) is 2. The predicted octanol–water partition coefficient (Wildman–Crippen LogP) is 2.18. The molecule has 0 saturated heterocycles. The lowest BCUT2D eigenvalue weighted by Gasteiger charge is -2.06. The lowest BCUT2D eigenvalue weighted by Crippen LogP contribution is -2.01. The van der Waals surface area contributed by atoms with E-state index in [4.69, 9.17) is 15.7 Å². The van der Waals surface area contributed by atoms with Crippen LogP contribution in [0.1, 0.15) is 10.4 Å². The third-order valence-electron chi connectivity index (χ3n) is 2.01. The average Bonchev–Trinajstić information content (AvgIpc) is 2.81. The Morgan fingerprint density at radius 3 is 3.06 bits per heavy atom. The monoisotopic (exact) mass is 231 g/mol. The Labute approximate surface area is 96.9 Å². The van der Waals surface area contributed by atoms with Crippen molar-refractivity contribution in [3.63, 3.8) is 0 Å². The quantitative estimate of drug-likeness (QED) is 0.878. The minimum absolute atomic E-state index is 0.293. The lowest BCUT2D eigenvalue weighted by atomic mass is 10.2. The predicted molar refractivity (Wildman–Crippen MR) is 62.0 cm³/mol. The summed E-state index contributed by atoms with van der Waals surface area (Å²) < 4.78 is 5.45. The SMILES string of the molecule is N#Cc1ccnc(OCc2cccs2)c1N. The molecule has 80 valence electrons. The highest BCUT2D eigenvalue weighted by Crippen LogP contribution is 2.22. The summed E-state index contributed by atoms with van der Waals surface area (Å²) in [6, 6.07) is 7.47. The number of pyridine rings is 1. The van der Waals surface area contributed by atoms with Crippen molar-refractivity contribution in [2.45, 2.75) is 6.61 Å². The van der Waals surface area contributed by atoms with Gasteiger partial charge in [-0.05, 0) is 17.5 Å². The molecule has 0 aliphatic carbocycles. The van der Waals surface area contributed by atoms with Crippen LogP contribution < -0.4 is 10.5 Å². The number of aromatic nitrogens is 1. The maximum atomic E-state index is 8.78. The zero-order valence-electron chi connectivity index (χ0n) is 8.38. The molecule has 2 aromatic rings. The van der Waals surface area contributed by atoms with Gasteiger partial charge in [-0.2, -0.15) is 5.26 Å². The summed E-state index contributed by atoms with van der Waals surface area (Å²) in [6.07, 6.45) is 1.51. The molecule has 5 heteroatoms. The fourth-order valence-electron chi connectivity index (χ4n) is 1.20. The zero-order chi connectivity index (χ0) is 11.4. The number of thiophene rings is 1. The van der Waals surface area contributed by atoms with Crippen LogP contribution in [-0.2, 0) is 6.61 Å². The number of nitriles is 1. The van der Waals surface area contributed by atoms with Crippen LogP contribution in [-0.4, -0.2) is 4.98 Å². The van der Waals surface area contributed by atoms with Gasteiger partial charge >= 0.3 is 0 Å². The molecule has 0 aliphatic rings. The van der Waals surface area contributed by atoms with E-state index < -0.39 is 0 Å². The summed E-state index contributed by atoms with van der Waals surface area (Å²) in [5.41, 5.74) is 6.41. The maximum absolute atomic E-state index is 8.78. The molecule has 2 heterocycles. The first-order valence-electron chi connectivity index (χ1n) is 4.61. The van der Waals surface area contributed by atoms with Gasteiger partial charge in [-0.3, -0.25) is 0 Å². The summed E-state index contributed by atoms with van der Waals surface area (Å²) in [6.45, 7) is 0.420. The second-order valence-corrected chi connectivity index (χ2v) is 4.09. The number of nitrogens with two attached hydrogens (primary N) is 1. The van der Waals surface area contributed by atoms with Crippen LogP contribution in [0.2, 0.25) is 0 Å². The largest absolute Gasteiger partial charge is 0.470 e. The first-order valence-corrected chi connectivity index (χ1v) is 5.49. The number of nitrogen functional groups attached to an aromatic ring is 1. The van der Waals surface area contributed by atoms with Crippen LogP contribution in [0.15, 0.2) is 29.8 Å². The molecular formula is C11H9N3OS. The maximum Gasteiger partial charge on any atom is 0.238 e. The van der Waals surface area contributed by atoms with E-state index in [0.717, 1.165) is 4.88 Å². The molecule has 0 amide bonds. The van der Waals surface area contributed by atoms with Gasteiger partial charge in [0.15, 0.2) is 0 Å². The topological polar surface area (TPSA) is 71.9 Å². The third kappa shape index (κ3) is 2.12. The third-order valence-corrected chi connectivity index (χ3v) is 2.86. The summed E-state index contributed by atoms with van der Waals surface area (Å²) in [4.78, 5) is 5.08. The van der Waals surface area contributed by atoms with Crippen molar-refractivity contribution < 1.29 is 4.74 Å². The molecule has 0 unspecified atom stereocenters. The van der Waals surface area contributed by atoms with Gasteiger partial charge in [0.25, 0.3) is 0 Å². The van der Waals surface area contributed by atoms with Gasteiger partial charge in [0, 0.05) is 11.1 Å². The van der Waals surface area contributed by atoms with E-state index in [1.54, 1.807) is 17.4 Å². The summed E-state index contributed by atoms with van der Waals surface area (Å²) in [5.74, 6) is 0.312. The van der Waals surface area contributed by atoms with Crippen molar-refractivity contribution >= 4 is 17.0 Å². The highest BCUT2D eigenvalue weighted by Gasteiger charge is 2.07. The smallest absolute Gasteiger partial charge is 0.238 e. The van der Waals surface area contributed by atoms with Crippen molar-refractivity contribution in [1.82, 2.24) is 4.98 Å². The second kappa shape index (κ2) is 4.64. The van der Waals surface area contributed by atoms with Crippen molar-refractivity contribution in [1.29, 1.82) is 5.26 Å². The lowest BCUT2D eigenvalue weighted by molar-refractivity contribution is 0.299. The molecule has 0 radical (unpaired) electrons. The van der Waals surface area contributed by atoms with Crippen LogP contribution in [0.3, 0.4) is 0 Å². The van der Waals surface area contributed by atoms with Gasteiger partial charge in [0.1, 0.15) is 18.4 Å². The molecule has 0 fully saturated rings. The molecular weight excluding hydrogens is 222 g/mol. The highest BCUT2D eigenvalue weighted by atomic mass is 32.1. The molecule has 2 aromatic heterocycles. The van der Waals surface area contributed by atoms with Crippen LogP contribution in [0.25, 0.3) is 0 Å². The molecule has 0 aromatic carbocycles. The molecule has 0 aliphatic heterocycles. The molecule has 4 nitrogen and oxygen atoms in total. The van der Waals surface area contributed by atoms with Crippen LogP contribution in [0.4, 0.5) is 5.69 Å². The van der Waals surface area contributed by atoms with Gasteiger partial charge < -0.3 is 10.5 Å². The van der Waals surface area contributed by atoms with E-state index in [2.05, 4.69) is 4.98 Å². The van der Waals surface area contributed by atoms with Gasteiger partial charge in [0.2, 0.25) is 5.88 Å². The van der Waals surface area contributed by atoms with Gasteiger partial charge in [-0.15, -0.1) is 11.3 Å². The van der Waals surface area contributed by atoms with Crippen LogP contribution >= 0.6 is 11.3 Å². The molecule has 0 saturated carbocycles. The minimum Gasteiger partial charge on any atom is -0.470 e. The van der Waals surface area contributed by atoms with Crippen LogP contribution in [0, 0.1) is 11.3 Å². The summed E-state index contributed by atoms with van der Waals surface area (Å²) >= 11 is 1.60. The van der Waals surface area contributed by atoms with Crippen molar-refractivity contribution in [2.75, 3.05) is 5.73 Å². The molecule has 0 bridgehead atoms. The molecule has 0 spiro atoms. The Hall–Kier alpha value is -2.06. The van der Waals surface area contributed by atoms with E-state index in [0.29, 0.717) is 23.7 Å². The number of ether oxygens (including phenoxy) is 1.